The van der Waals surface area contributed by atoms with E-state index in [2.05, 4.69) is 44.5 Å². The Labute approximate surface area is 433 Å². The van der Waals surface area contributed by atoms with E-state index in [0.717, 1.165) is 50.8 Å². The predicted molar refractivity (Wildman–Crippen MR) is 302 cm³/mol. The molecule has 2 aromatic rings. The highest BCUT2D eigenvalue weighted by Gasteiger charge is 2.20. The second-order valence-electron chi connectivity index (χ2n) is 20.8. The molecule has 406 valence electrons. The van der Waals surface area contributed by atoms with Crippen LogP contribution in [0, 0.1) is 6.92 Å². The number of fused-ring (bicyclic) bond motifs is 1. The summed E-state index contributed by atoms with van der Waals surface area (Å²) in [5.41, 5.74) is 9.24. The highest BCUT2D eigenvalue weighted by molar-refractivity contribution is 6.20. The molecule has 0 bridgehead atoms. The molecule has 0 saturated heterocycles. The molecule has 0 aliphatic rings. The number of aryl methyl sites for hydroxylation is 1. The Balaban J connectivity index is 0.00000148. The van der Waals surface area contributed by atoms with E-state index in [1.54, 1.807) is 12.1 Å². The summed E-state index contributed by atoms with van der Waals surface area (Å²) in [7, 11) is 0. The van der Waals surface area contributed by atoms with Gasteiger partial charge in [-0.25, -0.2) is 0 Å². The maximum Gasteiger partial charge on any atom is 0.251 e. The molecule has 0 aliphatic heterocycles. The van der Waals surface area contributed by atoms with Gasteiger partial charge in [-0.15, -0.1) is 0 Å². The number of benzene rings is 2. The van der Waals surface area contributed by atoms with Crippen molar-refractivity contribution in [3.63, 3.8) is 0 Å². The van der Waals surface area contributed by atoms with E-state index in [9.17, 15) is 19.5 Å². The zero-order valence-electron chi connectivity index (χ0n) is 47.2. The van der Waals surface area contributed by atoms with Crippen LogP contribution in [0.25, 0.3) is 10.8 Å². The smallest absolute Gasteiger partial charge is 0.251 e. The molecule has 7 heteroatoms. The number of carboxylic acid groups (broad SMARTS) is 1. The Hall–Kier alpha value is -2.77. The fourth-order valence-electron chi connectivity index (χ4n) is 9.58. The number of Topliss-reactive ketones (excluding diaryl/α,β-unsaturated/α-hetero) is 1. The van der Waals surface area contributed by atoms with Crippen molar-refractivity contribution >= 4 is 28.4 Å². The van der Waals surface area contributed by atoms with Gasteiger partial charge < -0.3 is 26.7 Å². The lowest BCUT2D eigenvalue weighted by Crippen LogP contribution is -2.50. The summed E-state index contributed by atoms with van der Waals surface area (Å²) in [5, 5.41) is 16.0. The predicted octanol–water partition coefficient (Wildman–Crippen LogP) is 16.3. The summed E-state index contributed by atoms with van der Waals surface area (Å²) in [6, 6.07) is 6.53. The molecule has 0 fully saturated rings. The minimum atomic E-state index is -1.33. The molecule has 7 N–H and O–H groups in total. The second-order valence-corrected chi connectivity index (χ2v) is 20.8. The Bertz CT molecular complexity index is 1470. The molecule has 0 saturated carbocycles. The van der Waals surface area contributed by atoms with Crippen LogP contribution in [0.4, 0.5) is 0 Å². The number of carbonyl (C=O) groups is 3. The van der Waals surface area contributed by atoms with Gasteiger partial charge in [0.05, 0.1) is 19.1 Å². The van der Waals surface area contributed by atoms with E-state index in [1.807, 2.05) is 13.0 Å². The Kier molecular flexibility index (Phi) is 49.1. The van der Waals surface area contributed by atoms with Gasteiger partial charge in [0.25, 0.3) is 5.91 Å². The lowest BCUT2D eigenvalue weighted by Gasteiger charge is -2.17. The van der Waals surface area contributed by atoms with Gasteiger partial charge in [0.2, 0.25) is 0 Å². The Morgan fingerprint density at radius 3 is 1.03 bits per heavy atom. The number of ketones is 1. The number of hydrogen-bond acceptors (Lipinski definition) is 4. The number of hydrogen-bond donors (Lipinski definition) is 3. The van der Waals surface area contributed by atoms with Gasteiger partial charge in [-0.05, 0) is 62.5 Å². The highest BCUT2D eigenvalue weighted by atomic mass is 16.4. The molecular weight excluding hydrogens is 863 g/mol. The van der Waals surface area contributed by atoms with Crippen molar-refractivity contribution in [3.8, 4) is 0 Å². The molecule has 0 heterocycles. The third-order valence-corrected chi connectivity index (χ3v) is 14.2. The summed E-state index contributed by atoms with van der Waals surface area (Å²) in [6.07, 6.45) is 54.4. The first-order valence-electron chi connectivity index (χ1n) is 30.4. The number of quaternary nitrogens is 2. The largest absolute Gasteiger partial charge is 0.545 e. The van der Waals surface area contributed by atoms with Crippen molar-refractivity contribution in [1.82, 2.24) is 5.32 Å². The molecule has 2 aromatic carbocycles. The van der Waals surface area contributed by atoms with Crippen LogP contribution in [0.2, 0.25) is 0 Å². The average Bonchev–Trinajstić information content (AvgIpc) is 3.36. The van der Waals surface area contributed by atoms with Crippen molar-refractivity contribution in [1.29, 1.82) is 0 Å². The first-order valence-corrected chi connectivity index (χ1v) is 30.4. The summed E-state index contributed by atoms with van der Waals surface area (Å²) >= 11 is 0. The first kappa shape index (κ1) is 67.2. The second kappa shape index (κ2) is 51.1. The van der Waals surface area contributed by atoms with Crippen molar-refractivity contribution in [2.75, 3.05) is 19.6 Å². The Morgan fingerprint density at radius 1 is 0.386 bits per heavy atom. The third kappa shape index (κ3) is 37.0. The lowest BCUT2D eigenvalue weighted by atomic mass is 9.89. The zero-order valence-corrected chi connectivity index (χ0v) is 47.2. The molecule has 2 rings (SSSR count). The van der Waals surface area contributed by atoms with Crippen LogP contribution in [0.15, 0.2) is 24.3 Å². The maximum atomic E-state index is 13.4. The van der Waals surface area contributed by atoms with Crippen LogP contribution < -0.4 is 21.9 Å². The summed E-state index contributed by atoms with van der Waals surface area (Å²) < 4.78 is 0. The number of unbranched alkanes of at least 4 members (excludes halogenated alkanes) is 37. The van der Waals surface area contributed by atoms with E-state index in [-0.39, 0.29) is 17.3 Å². The molecule has 0 unspecified atom stereocenters. The summed E-state index contributed by atoms with van der Waals surface area (Å²) in [5.74, 6) is -1.63. The molecule has 0 aliphatic carbocycles. The minimum Gasteiger partial charge on any atom is -0.545 e. The average molecular weight is 980 g/mol. The lowest BCUT2D eigenvalue weighted by molar-refractivity contribution is -0.368. The van der Waals surface area contributed by atoms with E-state index in [1.165, 1.54) is 237 Å². The topological polar surface area (TPSA) is 142 Å². The SMILES string of the molecule is CCCCCCCCCCCCCC(=O)c1ccc(C)c2c(C(=O)NCCCCCCCCCCCC)ccc(C(=O)[O-])c12.CCCCCCCCCCCC[NH3+].CCCCCCCCCCCC[NH3+]. The van der Waals surface area contributed by atoms with Gasteiger partial charge in [0.1, 0.15) is 0 Å². The van der Waals surface area contributed by atoms with Crippen molar-refractivity contribution < 1.29 is 31.0 Å². The number of rotatable bonds is 46. The molecule has 0 radical (unpaired) electrons. The quantitative estimate of drug-likeness (QED) is 0.0448. The monoisotopic (exact) mass is 979 g/mol. The van der Waals surface area contributed by atoms with Crippen LogP contribution in [0.1, 0.15) is 334 Å². The van der Waals surface area contributed by atoms with Gasteiger partial charge in [-0.3, -0.25) is 9.59 Å². The molecule has 1 amide bonds. The first-order chi connectivity index (χ1) is 34.2. The van der Waals surface area contributed by atoms with Crippen molar-refractivity contribution in [2.45, 2.75) is 304 Å². The van der Waals surface area contributed by atoms with Crippen LogP contribution >= 0.6 is 0 Å². The minimum absolute atomic E-state index is 0.0303. The third-order valence-electron chi connectivity index (χ3n) is 14.2. The fraction of sp³-hybridized carbons (Fsp3) is 0.794. The standard InChI is InChI=1S/C39H61NO4.2C12H27N/c1-4-6-8-10-12-14-16-17-19-21-23-25-35(41)32-27-26-31(3)36-33(28-29-34(37(32)36)39(43)44)38(42)40-30-24-22-20-18-15-13-11-9-7-5-2;2*1-2-3-4-5-6-7-8-9-10-11-12-13/h26-29H,4-25,30H2,1-3H3,(H,40,42)(H,43,44);2*2-13H2,1H3/p+1. The molecule has 7 nitrogen and oxygen atoms in total. The van der Waals surface area contributed by atoms with Crippen molar-refractivity contribution in [3.05, 3.63) is 46.5 Å². The molecule has 0 aromatic heterocycles. The van der Waals surface area contributed by atoms with Crippen LogP contribution in [0.5, 0.6) is 0 Å². The molecular formula is C63H116N3O4+. The number of aromatic carboxylic acids is 1. The number of carbonyl (C=O) groups excluding carboxylic acids is 3. The van der Waals surface area contributed by atoms with Gasteiger partial charge in [0.15, 0.2) is 5.78 Å². The van der Waals surface area contributed by atoms with E-state index in [0.29, 0.717) is 34.9 Å². The van der Waals surface area contributed by atoms with Gasteiger partial charge in [-0.2, -0.15) is 0 Å². The van der Waals surface area contributed by atoms with Crippen LogP contribution in [-0.2, 0) is 0 Å². The molecule has 0 atom stereocenters. The number of carboxylic acids is 1. The van der Waals surface area contributed by atoms with E-state index < -0.39 is 5.97 Å². The van der Waals surface area contributed by atoms with Gasteiger partial charge in [0, 0.05) is 35.0 Å². The molecule has 0 spiro atoms. The van der Waals surface area contributed by atoms with E-state index in [4.69, 9.17) is 0 Å². The zero-order chi connectivity index (χ0) is 51.6. The van der Waals surface area contributed by atoms with Gasteiger partial charge >= 0.3 is 0 Å². The van der Waals surface area contributed by atoms with Crippen molar-refractivity contribution in [2.24, 2.45) is 0 Å². The van der Waals surface area contributed by atoms with Gasteiger partial charge in [-0.1, -0.05) is 271 Å². The van der Waals surface area contributed by atoms with Crippen LogP contribution in [0.3, 0.4) is 0 Å². The number of nitrogens with one attached hydrogen (secondary N) is 1. The summed E-state index contributed by atoms with van der Waals surface area (Å²) in [6.45, 7) is 13.7. The van der Waals surface area contributed by atoms with E-state index >= 15 is 0 Å². The normalized spacial score (nSPS) is 11.0. The molecule has 70 heavy (non-hydrogen) atoms. The highest BCUT2D eigenvalue weighted by Crippen LogP contribution is 2.31. The summed E-state index contributed by atoms with van der Waals surface area (Å²) in [4.78, 5) is 38.7. The fourth-order valence-corrected chi connectivity index (χ4v) is 9.58. The maximum absolute atomic E-state index is 13.4. The Morgan fingerprint density at radius 2 is 0.686 bits per heavy atom. The number of amides is 1. The van der Waals surface area contributed by atoms with Crippen LogP contribution in [-0.4, -0.2) is 37.3 Å².